The highest BCUT2D eigenvalue weighted by molar-refractivity contribution is 6.30. The van der Waals surface area contributed by atoms with Crippen molar-refractivity contribution in [3.05, 3.63) is 94.3 Å². The van der Waals surface area contributed by atoms with Gasteiger partial charge in [-0.3, -0.25) is 0 Å². The van der Waals surface area contributed by atoms with E-state index in [1.807, 2.05) is 24.3 Å². The molecule has 0 radical (unpaired) electrons. The third-order valence-corrected chi connectivity index (χ3v) is 6.05. The topological polar surface area (TPSA) is 104 Å². The summed E-state index contributed by atoms with van der Waals surface area (Å²) in [5.74, 6) is 0.856. The molecule has 0 bridgehead atoms. The molecule has 37 heavy (non-hydrogen) atoms. The van der Waals surface area contributed by atoms with Crippen molar-refractivity contribution in [2.45, 2.75) is 32.1 Å². The molecule has 8 heteroatoms. The van der Waals surface area contributed by atoms with Crippen LogP contribution in [0, 0.1) is 11.3 Å². The molecule has 3 aromatic rings. The summed E-state index contributed by atoms with van der Waals surface area (Å²) in [7, 11) is 0. The molecule has 0 saturated carbocycles. The van der Waals surface area contributed by atoms with E-state index < -0.39 is 11.9 Å². The molecule has 1 unspecified atom stereocenters. The molecule has 1 atom stereocenters. The Balaban J connectivity index is 1.51. The van der Waals surface area contributed by atoms with Gasteiger partial charge in [-0.2, -0.15) is 5.26 Å². The predicted octanol–water partition coefficient (Wildman–Crippen LogP) is 6.11. The predicted molar refractivity (Wildman–Crippen MR) is 140 cm³/mol. The van der Waals surface area contributed by atoms with Gasteiger partial charge in [-0.05, 0) is 54.4 Å². The number of nitriles is 1. The molecule has 190 valence electrons. The maximum absolute atomic E-state index is 12.3. The fourth-order valence-corrected chi connectivity index (χ4v) is 4.13. The lowest BCUT2D eigenvalue weighted by Gasteiger charge is -2.27. The molecule has 4 rings (SSSR count). The van der Waals surface area contributed by atoms with Gasteiger partial charge < -0.3 is 24.7 Å². The lowest BCUT2D eigenvalue weighted by Crippen LogP contribution is -2.21. The fraction of sp³-hybridized carbons (Fsp3) is 0.241. The van der Waals surface area contributed by atoms with E-state index in [-0.39, 0.29) is 18.2 Å². The first-order chi connectivity index (χ1) is 18.0. The highest BCUT2D eigenvalue weighted by Crippen LogP contribution is 2.44. The molecule has 0 amide bonds. The number of halogens is 1. The molecular weight excluding hydrogens is 492 g/mol. The minimum Gasteiger partial charge on any atom is -0.494 e. The van der Waals surface area contributed by atoms with Crippen LogP contribution in [-0.4, -0.2) is 19.2 Å². The quantitative estimate of drug-likeness (QED) is 0.196. The summed E-state index contributed by atoms with van der Waals surface area (Å²) in [4.78, 5) is 12.3. The number of allylic oxidation sites excluding steroid dienone is 1. The second kappa shape index (κ2) is 12.2. The first-order valence-electron chi connectivity index (χ1n) is 12.0. The Morgan fingerprint density at radius 1 is 1.03 bits per heavy atom. The van der Waals surface area contributed by atoms with Crippen LogP contribution < -0.4 is 24.7 Å². The second-order valence-electron chi connectivity index (χ2n) is 8.47. The third-order valence-electron chi connectivity index (χ3n) is 5.80. The zero-order valence-corrected chi connectivity index (χ0v) is 21.2. The molecule has 2 N–H and O–H groups in total. The number of hydrogen-bond acceptors (Lipinski definition) is 7. The first kappa shape index (κ1) is 25.9. The minimum atomic E-state index is -0.587. The Kier molecular flexibility index (Phi) is 8.55. The number of hydrogen-bond donors (Lipinski definition) is 1. The summed E-state index contributed by atoms with van der Waals surface area (Å²) in [6, 6.07) is 21.5. The van der Waals surface area contributed by atoms with E-state index in [1.54, 1.807) is 42.5 Å². The minimum absolute atomic E-state index is 0.00353. The van der Waals surface area contributed by atoms with E-state index >= 15 is 0 Å². The van der Waals surface area contributed by atoms with Gasteiger partial charge in [-0.15, -0.1) is 0 Å². The summed E-state index contributed by atoms with van der Waals surface area (Å²) >= 11 is 5.86. The lowest BCUT2D eigenvalue weighted by atomic mass is 9.83. The number of carbonyl (C=O) groups is 1. The van der Waals surface area contributed by atoms with Gasteiger partial charge in [0.25, 0.3) is 0 Å². The van der Waals surface area contributed by atoms with Crippen molar-refractivity contribution >= 4 is 17.6 Å². The SMILES string of the molecule is CCCCCOc1cccc(C2C(C#N)=C(N)Oc3cc(OC(=O)COc4ccc(Cl)cc4)ccc32)c1. The van der Waals surface area contributed by atoms with Crippen LogP contribution in [0.5, 0.6) is 23.0 Å². The number of nitrogens with zero attached hydrogens (tertiary/aromatic N) is 1. The molecule has 0 spiro atoms. The van der Waals surface area contributed by atoms with Gasteiger partial charge in [0.05, 0.1) is 12.5 Å². The van der Waals surface area contributed by atoms with Crippen molar-refractivity contribution in [3.63, 3.8) is 0 Å². The molecule has 7 nitrogen and oxygen atoms in total. The standard InChI is InChI=1S/C29H27ClN2O5/c1-2-3-4-14-34-22-7-5-6-19(15-22)28-24-13-12-23(16-26(24)37-29(32)25(28)17-31)36-27(33)18-35-21-10-8-20(30)9-11-21/h5-13,15-16,28H,2-4,14,18,32H2,1H3. The Bertz CT molecular complexity index is 1330. The van der Waals surface area contributed by atoms with E-state index in [0.717, 1.165) is 36.1 Å². The molecule has 0 saturated heterocycles. The number of carbonyl (C=O) groups excluding carboxylic acids is 1. The monoisotopic (exact) mass is 518 g/mol. The third kappa shape index (κ3) is 6.54. The smallest absolute Gasteiger partial charge is 0.349 e. The van der Waals surface area contributed by atoms with Gasteiger partial charge in [0.1, 0.15) is 34.6 Å². The van der Waals surface area contributed by atoms with Crippen molar-refractivity contribution in [1.29, 1.82) is 5.26 Å². The zero-order valence-electron chi connectivity index (χ0n) is 20.4. The van der Waals surface area contributed by atoms with Crippen LogP contribution in [0.15, 0.2) is 78.2 Å². The summed E-state index contributed by atoms with van der Waals surface area (Å²) in [6.45, 7) is 2.49. The number of unbranched alkanes of at least 4 members (excludes halogenated alkanes) is 2. The van der Waals surface area contributed by atoms with Crippen LogP contribution in [0.25, 0.3) is 0 Å². The highest BCUT2D eigenvalue weighted by atomic mass is 35.5. The largest absolute Gasteiger partial charge is 0.494 e. The van der Waals surface area contributed by atoms with Gasteiger partial charge in [0.2, 0.25) is 5.88 Å². The summed E-state index contributed by atoms with van der Waals surface area (Å²) < 4.78 is 22.5. The number of rotatable bonds is 10. The van der Waals surface area contributed by atoms with Crippen molar-refractivity contribution in [3.8, 4) is 29.1 Å². The highest BCUT2D eigenvalue weighted by Gasteiger charge is 2.31. The first-order valence-corrected chi connectivity index (χ1v) is 12.4. The van der Waals surface area contributed by atoms with E-state index in [1.165, 1.54) is 0 Å². The molecule has 1 aliphatic heterocycles. The number of esters is 1. The molecule has 0 fully saturated rings. The number of ether oxygens (including phenoxy) is 4. The van der Waals surface area contributed by atoms with E-state index in [9.17, 15) is 10.1 Å². The van der Waals surface area contributed by atoms with Gasteiger partial charge in [0.15, 0.2) is 6.61 Å². The Morgan fingerprint density at radius 2 is 1.81 bits per heavy atom. The number of fused-ring (bicyclic) bond motifs is 1. The zero-order chi connectivity index (χ0) is 26.2. The summed E-state index contributed by atoms with van der Waals surface area (Å²) in [5.41, 5.74) is 8.00. The van der Waals surface area contributed by atoms with Crippen LogP contribution in [0.1, 0.15) is 43.2 Å². The van der Waals surface area contributed by atoms with Crippen molar-refractivity contribution < 1.29 is 23.7 Å². The average Bonchev–Trinajstić information content (AvgIpc) is 2.90. The molecular formula is C29H27ClN2O5. The van der Waals surface area contributed by atoms with Crippen LogP contribution >= 0.6 is 11.6 Å². The molecule has 0 aromatic heterocycles. The molecule has 1 heterocycles. The van der Waals surface area contributed by atoms with Gasteiger partial charge in [0, 0.05) is 16.7 Å². The van der Waals surface area contributed by atoms with Gasteiger partial charge in [-0.25, -0.2) is 4.79 Å². The molecule has 3 aromatic carbocycles. The normalized spacial score (nSPS) is 14.2. The van der Waals surface area contributed by atoms with Crippen LogP contribution in [0.3, 0.4) is 0 Å². The number of benzene rings is 3. The van der Waals surface area contributed by atoms with Crippen molar-refractivity contribution in [2.75, 3.05) is 13.2 Å². The molecule has 1 aliphatic rings. The lowest BCUT2D eigenvalue weighted by molar-refractivity contribution is -0.136. The van der Waals surface area contributed by atoms with Crippen LogP contribution in [-0.2, 0) is 4.79 Å². The van der Waals surface area contributed by atoms with E-state index in [2.05, 4.69) is 13.0 Å². The van der Waals surface area contributed by atoms with Crippen molar-refractivity contribution in [2.24, 2.45) is 5.73 Å². The van der Waals surface area contributed by atoms with E-state index in [0.29, 0.717) is 28.7 Å². The number of nitrogens with two attached hydrogens (primary N) is 1. The van der Waals surface area contributed by atoms with Gasteiger partial charge >= 0.3 is 5.97 Å². The maximum atomic E-state index is 12.3. The molecule has 0 aliphatic carbocycles. The Morgan fingerprint density at radius 3 is 2.57 bits per heavy atom. The van der Waals surface area contributed by atoms with Crippen LogP contribution in [0.2, 0.25) is 5.02 Å². The summed E-state index contributed by atoms with van der Waals surface area (Å²) in [5, 5.41) is 10.4. The fourth-order valence-electron chi connectivity index (χ4n) is 4.00. The van der Waals surface area contributed by atoms with Crippen molar-refractivity contribution in [1.82, 2.24) is 0 Å². The van der Waals surface area contributed by atoms with Crippen LogP contribution in [0.4, 0.5) is 0 Å². The Hall–Kier alpha value is -4.15. The van der Waals surface area contributed by atoms with Gasteiger partial charge in [-0.1, -0.05) is 49.6 Å². The van der Waals surface area contributed by atoms with E-state index in [4.69, 9.17) is 36.3 Å². The second-order valence-corrected chi connectivity index (χ2v) is 8.91. The average molecular weight is 519 g/mol. The summed E-state index contributed by atoms with van der Waals surface area (Å²) in [6.07, 6.45) is 3.19. The maximum Gasteiger partial charge on any atom is 0.349 e. The Labute approximate surface area is 221 Å².